The molecule has 1 saturated carbocycles. The molecule has 5 heteroatoms. The first-order chi connectivity index (χ1) is 11.1. The minimum Gasteiger partial charge on any atom is -0.358 e. The summed E-state index contributed by atoms with van der Waals surface area (Å²) in [4.78, 5) is 11.8. The van der Waals surface area contributed by atoms with Crippen LogP contribution in [0.1, 0.15) is 38.7 Å². The summed E-state index contributed by atoms with van der Waals surface area (Å²) >= 11 is 5.26. The number of hydrazine groups is 1. The van der Waals surface area contributed by atoms with E-state index in [1.165, 1.54) is 18.9 Å². The zero-order chi connectivity index (χ0) is 16.7. The van der Waals surface area contributed by atoms with E-state index in [1.807, 2.05) is 30.3 Å². The van der Waals surface area contributed by atoms with Crippen molar-refractivity contribution >= 4 is 29.3 Å². The largest absolute Gasteiger partial charge is 0.358 e. The van der Waals surface area contributed by atoms with E-state index in [0.29, 0.717) is 23.0 Å². The molecule has 0 radical (unpaired) electrons. The summed E-state index contributed by atoms with van der Waals surface area (Å²) in [7, 11) is 0. The van der Waals surface area contributed by atoms with Crippen LogP contribution in [0.4, 0.5) is 0 Å². The monoisotopic (exact) mass is 331 g/mol. The van der Waals surface area contributed by atoms with Crippen LogP contribution in [0.5, 0.6) is 0 Å². The number of benzene rings is 1. The molecule has 3 N–H and O–H groups in total. The number of hydrogen-bond donors (Lipinski definition) is 3. The van der Waals surface area contributed by atoms with Gasteiger partial charge in [0.25, 0.3) is 5.91 Å². The van der Waals surface area contributed by atoms with Gasteiger partial charge in [0.15, 0.2) is 5.11 Å². The molecule has 1 aromatic rings. The Bertz CT molecular complexity index is 559. The van der Waals surface area contributed by atoms with Gasteiger partial charge in [0.2, 0.25) is 0 Å². The van der Waals surface area contributed by atoms with E-state index < -0.39 is 0 Å². The Kier molecular flexibility index (Phi) is 6.59. The lowest BCUT2D eigenvalue weighted by Gasteiger charge is -2.35. The molecule has 1 aliphatic rings. The summed E-state index contributed by atoms with van der Waals surface area (Å²) in [5.74, 6) is 1.05. The topological polar surface area (TPSA) is 53.2 Å². The van der Waals surface area contributed by atoms with Gasteiger partial charge in [-0.3, -0.25) is 15.6 Å². The Labute approximate surface area is 143 Å². The Morgan fingerprint density at radius 1 is 1.17 bits per heavy atom. The Morgan fingerprint density at radius 2 is 1.91 bits per heavy atom. The Hall–Kier alpha value is -1.88. The average Bonchev–Trinajstić information content (AvgIpc) is 2.56. The molecule has 0 saturated heterocycles. The van der Waals surface area contributed by atoms with Crippen molar-refractivity contribution in [2.24, 2.45) is 11.8 Å². The van der Waals surface area contributed by atoms with Gasteiger partial charge in [0, 0.05) is 12.1 Å². The van der Waals surface area contributed by atoms with Crippen LogP contribution >= 0.6 is 12.2 Å². The molecule has 3 atom stereocenters. The SMILES string of the molecule is C[C@@H]1[C@@H](C)CCC[C@H]1NC(=S)NNC(=O)/C=C/c1ccccc1. The van der Waals surface area contributed by atoms with E-state index >= 15 is 0 Å². The molecule has 124 valence electrons. The Balaban J connectivity index is 1.73. The first-order valence-electron chi connectivity index (χ1n) is 8.16. The van der Waals surface area contributed by atoms with Crippen molar-refractivity contribution < 1.29 is 4.79 Å². The van der Waals surface area contributed by atoms with Gasteiger partial charge in [-0.15, -0.1) is 0 Å². The quantitative estimate of drug-likeness (QED) is 0.453. The molecule has 0 aliphatic heterocycles. The van der Waals surface area contributed by atoms with Crippen LogP contribution < -0.4 is 16.2 Å². The number of thiocarbonyl (C=S) groups is 1. The lowest BCUT2D eigenvalue weighted by atomic mass is 9.78. The van der Waals surface area contributed by atoms with Crippen LogP contribution in [-0.2, 0) is 4.79 Å². The van der Waals surface area contributed by atoms with Crippen molar-refractivity contribution in [2.45, 2.75) is 39.2 Å². The van der Waals surface area contributed by atoms with Gasteiger partial charge in [0.05, 0.1) is 0 Å². The van der Waals surface area contributed by atoms with E-state index in [1.54, 1.807) is 6.08 Å². The lowest BCUT2D eigenvalue weighted by molar-refractivity contribution is -0.116. The molecule has 23 heavy (non-hydrogen) atoms. The van der Waals surface area contributed by atoms with E-state index in [-0.39, 0.29) is 5.91 Å². The number of hydrogen-bond acceptors (Lipinski definition) is 2. The maximum absolute atomic E-state index is 11.8. The van der Waals surface area contributed by atoms with Crippen LogP contribution in [0.2, 0.25) is 0 Å². The van der Waals surface area contributed by atoms with E-state index in [2.05, 4.69) is 30.0 Å². The number of nitrogens with one attached hydrogen (secondary N) is 3. The van der Waals surface area contributed by atoms with Gasteiger partial charge in [-0.2, -0.15) is 0 Å². The lowest BCUT2D eigenvalue weighted by Crippen LogP contribution is -2.52. The molecular weight excluding hydrogens is 306 g/mol. The van der Waals surface area contributed by atoms with Crippen LogP contribution in [0, 0.1) is 11.8 Å². The number of carbonyl (C=O) groups excluding carboxylic acids is 1. The van der Waals surface area contributed by atoms with Crippen LogP contribution in [-0.4, -0.2) is 17.1 Å². The molecule has 1 aromatic carbocycles. The minimum atomic E-state index is -0.233. The second-order valence-corrected chi connectivity index (χ2v) is 6.61. The fraction of sp³-hybridized carbons (Fsp3) is 0.444. The van der Waals surface area contributed by atoms with Gasteiger partial charge < -0.3 is 5.32 Å². The molecular formula is C18H25N3OS. The zero-order valence-electron chi connectivity index (χ0n) is 13.7. The summed E-state index contributed by atoms with van der Waals surface area (Å²) in [6.07, 6.45) is 6.86. The number of rotatable bonds is 3. The smallest absolute Gasteiger partial charge is 0.262 e. The molecule has 4 nitrogen and oxygen atoms in total. The highest BCUT2D eigenvalue weighted by Gasteiger charge is 2.27. The summed E-state index contributed by atoms with van der Waals surface area (Å²) in [6, 6.07) is 10.1. The molecule has 0 aromatic heterocycles. The molecule has 0 spiro atoms. The molecule has 1 amide bonds. The first-order valence-corrected chi connectivity index (χ1v) is 8.56. The molecule has 1 fully saturated rings. The molecule has 0 bridgehead atoms. The summed E-state index contributed by atoms with van der Waals surface area (Å²) in [5, 5.41) is 3.78. The molecule has 0 unspecified atom stereocenters. The summed E-state index contributed by atoms with van der Waals surface area (Å²) < 4.78 is 0. The van der Waals surface area contributed by atoms with Crippen molar-refractivity contribution in [1.29, 1.82) is 0 Å². The molecule has 1 aliphatic carbocycles. The maximum Gasteiger partial charge on any atom is 0.262 e. The van der Waals surface area contributed by atoms with Gasteiger partial charge in [-0.25, -0.2) is 0 Å². The van der Waals surface area contributed by atoms with Crippen molar-refractivity contribution in [3.8, 4) is 0 Å². The third-order valence-corrected chi connectivity index (χ3v) is 4.77. The van der Waals surface area contributed by atoms with E-state index in [0.717, 1.165) is 12.0 Å². The highest BCUT2D eigenvalue weighted by Crippen LogP contribution is 2.29. The molecule has 2 rings (SSSR count). The highest BCUT2D eigenvalue weighted by atomic mass is 32.1. The van der Waals surface area contributed by atoms with Gasteiger partial charge in [0.1, 0.15) is 0 Å². The van der Waals surface area contributed by atoms with Gasteiger partial charge in [-0.1, -0.05) is 57.0 Å². The minimum absolute atomic E-state index is 0.233. The van der Waals surface area contributed by atoms with Crippen molar-refractivity contribution in [2.75, 3.05) is 0 Å². The molecule has 0 heterocycles. The van der Waals surface area contributed by atoms with Gasteiger partial charge in [-0.05, 0) is 42.1 Å². The highest BCUT2D eigenvalue weighted by molar-refractivity contribution is 7.80. The van der Waals surface area contributed by atoms with Crippen LogP contribution in [0.15, 0.2) is 36.4 Å². The predicted octanol–water partition coefficient (Wildman–Crippen LogP) is 3.02. The van der Waals surface area contributed by atoms with Crippen molar-refractivity contribution in [3.63, 3.8) is 0 Å². The first kappa shape index (κ1) is 17.5. The third-order valence-electron chi connectivity index (χ3n) is 4.55. The van der Waals surface area contributed by atoms with E-state index in [9.17, 15) is 4.79 Å². The number of amides is 1. The number of carbonyl (C=O) groups is 1. The van der Waals surface area contributed by atoms with Crippen molar-refractivity contribution in [1.82, 2.24) is 16.2 Å². The maximum atomic E-state index is 11.8. The Morgan fingerprint density at radius 3 is 2.65 bits per heavy atom. The second kappa shape index (κ2) is 8.67. The summed E-state index contributed by atoms with van der Waals surface area (Å²) in [6.45, 7) is 4.54. The third kappa shape index (κ3) is 5.67. The van der Waals surface area contributed by atoms with Crippen molar-refractivity contribution in [3.05, 3.63) is 42.0 Å². The standard InChI is InChI=1S/C18H25N3OS/c1-13-7-6-10-16(14(13)2)19-18(23)21-20-17(22)12-11-15-8-4-3-5-9-15/h3-5,8-9,11-14,16H,6-7,10H2,1-2H3,(H,20,22)(H2,19,21,23)/b12-11+/t13-,14+,16+/m0/s1. The fourth-order valence-corrected chi connectivity index (χ4v) is 3.09. The summed E-state index contributed by atoms with van der Waals surface area (Å²) in [5.41, 5.74) is 6.34. The second-order valence-electron chi connectivity index (χ2n) is 6.21. The normalized spacial score (nSPS) is 24.2. The average molecular weight is 331 g/mol. The van der Waals surface area contributed by atoms with Crippen LogP contribution in [0.3, 0.4) is 0 Å². The fourth-order valence-electron chi connectivity index (χ4n) is 2.89. The van der Waals surface area contributed by atoms with Gasteiger partial charge >= 0.3 is 0 Å². The predicted molar refractivity (Wildman–Crippen MR) is 98.5 cm³/mol. The van der Waals surface area contributed by atoms with Crippen LogP contribution in [0.25, 0.3) is 6.08 Å². The van der Waals surface area contributed by atoms with E-state index in [4.69, 9.17) is 12.2 Å². The zero-order valence-corrected chi connectivity index (χ0v) is 14.5.